The molecule has 0 radical (unpaired) electrons. The van der Waals surface area contributed by atoms with Crippen LogP contribution in [0.25, 0.3) is 0 Å². The minimum absolute atomic E-state index is 0.0387. The van der Waals surface area contributed by atoms with Gasteiger partial charge in [-0.15, -0.1) is 11.3 Å². The average molecular weight is 233 g/mol. The number of ether oxygens (including phenoxy) is 1. The molecule has 0 aliphatic heterocycles. The normalized spacial score (nSPS) is 17.1. The number of rotatable bonds is 5. The van der Waals surface area contributed by atoms with Gasteiger partial charge in [0.15, 0.2) is 0 Å². The van der Waals surface area contributed by atoms with Crippen LogP contribution in [0, 0.1) is 0 Å². The zero-order valence-electron chi connectivity index (χ0n) is 7.55. The second kappa shape index (κ2) is 3.96. The fourth-order valence-electron chi connectivity index (χ4n) is 1.01. The van der Waals surface area contributed by atoms with Gasteiger partial charge in [-0.2, -0.15) is 0 Å². The van der Waals surface area contributed by atoms with Crippen LogP contribution >= 0.6 is 11.3 Å². The third kappa shape index (κ3) is 2.52. The maximum absolute atomic E-state index is 11.6. The Labute approximate surface area is 86.8 Å². The molecule has 1 aromatic rings. The maximum Gasteiger partial charge on any atom is 0.209 e. The highest BCUT2D eigenvalue weighted by atomic mass is 32.2. The van der Waals surface area contributed by atoms with E-state index in [0.29, 0.717) is 6.10 Å². The molecule has 6 heteroatoms. The lowest BCUT2D eigenvalue weighted by atomic mass is 10.8. The summed E-state index contributed by atoms with van der Waals surface area (Å²) in [6.07, 6.45) is 3.94. The van der Waals surface area contributed by atoms with Gasteiger partial charge in [0, 0.05) is 11.6 Å². The third-order valence-corrected chi connectivity index (χ3v) is 4.86. The fraction of sp³-hybridized carbons (Fsp3) is 0.625. The standard InChI is InChI=1S/C8H11NO3S2/c10-14(11,8-9-3-5-13-8)6-4-12-7-1-2-7/h3,5,7H,1-2,4,6H2. The molecule has 0 amide bonds. The number of sulfone groups is 1. The van der Waals surface area contributed by atoms with Gasteiger partial charge in [0.05, 0.1) is 18.5 Å². The molecule has 0 aromatic carbocycles. The number of thiazole rings is 1. The van der Waals surface area contributed by atoms with Gasteiger partial charge >= 0.3 is 0 Å². The van der Waals surface area contributed by atoms with Crippen LogP contribution < -0.4 is 0 Å². The van der Waals surface area contributed by atoms with Gasteiger partial charge < -0.3 is 4.74 Å². The first kappa shape index (κ1) is 10.1. The fourth-order valence-corrected chi connectivity index (χ4v) is 3.09. The first-order chi connectivity index (χ1) is 6.68. The average Bonchev–Trinajstić information content (AvgIpc) is 2.80. The summed E-state index contributed by atoms with van der Waals surface area (Å²) in [7, 11) is -3.20. The molecule has 0 spiro atoms. The van der Waals surface area contributed by atoms with Crippen LogP contribution in [0.15, 0.2) is 15.9 Å². The second-order valence-electron chi connectivity index (χ2n) is 3.19. The van der Waals surface area contributed by atoms with E-state index in [1.807, 2.05) is 0 Å². The predicted molar refractivity (Wildman–Crippen MR) is 53.1 cm³/mol. The van der Waals surface area contributed by atoms with Gasteiger partial charge in [0.1, 0.15) is 0 Å². The number of hydrogen-bond acceptors (Lipinski definition) is 5. The van der Waals surface area contributed by atoms with E-state index in [2.05, 4.69) is 4.98 Å². The van der Waals surface area contributed by atoms with Crippen LogP contribution in [0.1, 0.15) is 12.8 Å². The van der Waals surface area contributed by atoms with Crippen molar-refractivity contribution in [2.45, 2.75) is 23.3 Å². The molecule has 0 unspecified atom stereocenters. The minimum atomic E-state index is -3.20. The lowest BCUT2D eigenvalue weighted by molar-refractivity contribution is 0.134. The van der Waals surface area contributed by atoms with Crippen LogP contribution in [0.4, 0.5) is 0 Å². The summed E-state index contributed by atoms with van der Waals surface area (Å²) < 4.78 is 28.6. The zero-order valence-corrected chi connectivity index (χ0v) is 9.18. The van der Waals surface area contributed by atoms with Crippen molar-refractivity contribution in [3.05, 3.63) is 11.6 Å². The lowest BCUT2D eigenvalue weighted by Crippen LogP contribution is -2.12. The Hall–Kier alpha value is -0.460. The van der Waals surface area contributed by atoms with E-state index in [9.17, 15) is 8.42 Å². The summed E-state index contributed by atoms with van der Waals surface area (Å²) in [5.74, 6) is 0.0387. The highest BCUT2D eigenvalue weighted by molar-refractivity contribution is 7.93. The summed E-state index contributed by atoms with van der Waals surface area (Å²) in [6, 6.07) is 0. The molecule has 1 heterocycles. The quantitative estimate of drug-likeness (QED) is 0.764. The van der Waals surface area contributed by atoms with E-state index in [4.69, 9.17) is 4.74 Å². The molecular weight excluding hydrogens is 222 g/mol. The van der Waals surface area contributed by atoms with Gasteiger partial charge in [-0.1, -0.05) is 0 Å². The predicted octanol–water partition coefficient (Wildman–Crippen LogP) is 1.10. The zero-order chi connectivity index (χ0) is 10.0. The lowest BCUT2D eigenvalue weighted by Gasteiger charge is -2.01. The van der Waals surface area contributed by atoms with Crippen molar-refractivity contribution in [1.82, 2.24) is 4.98 Å². The van der Waals surface area contributed by atoms with Gasteiger partial charge in [-0.05, 0) is 12.8 Å². The minimum Gasteiger partial charge on any atom is -0.377 e. The van der Waals surface area contributed by atoms with Crippen molar-refractivity contribution in [3.8, 4) is 0 Å². The van der Waals surface area contributed by atoms with Crippen molar-refractivity contribution in [1.29, 1.82) is 0 Å². The third-order valence-electron chi connectivity index (χ3n) is 1.91. The van der Waals surface area contributed by atoms with Gasteiger partial charge in [-0.25, -0.2) is 13.4 Å². The van der Waals surface area contributed by atoms with E-state index >= 15 is 0 Å². The van der Waals surface area contributed by atoms with Crippen LogP contribution in [0.3, 0.4) is 0 Å². The molecule has 0 atom stereocenters. The Kier molecular flexibility index (Phi) is 2.85. The van der Waals surface area contributed by atoms with E-state index in [1.54, 1.807) is 5.38 Å². The highest BCUT2D eigenvalue weighted by Crippen LogP contribution is 2.23. The molecule has 1 fully saturated rings. The van der Waals surface area contributed by atoms with Crippen LogP contribution in [0.5, 0.6) is 0 Å². The summed E-state index contributed by atoms with van der Waals surface area (Å²) in [5.41, 5.74) is 0. The molecule has 0 bridgehead atoms. The molecule has 1 aliphatic carbocycles. The Morgan fingerprint density at radius 2 is 2.36 bits per heavy atom. The maximum atomic E-state index is 11.6. The van der Waals surface area contributed by atoms with Crippen LogP contribution in [-0.4, -0.2) is 31.9 Å². The van der Waals surface area contributed by atoms with E-state index in [-0.39, 0.29) is 16.7 Å². The van der Waals surface area contributed by atoms with Crippen molar-refractivity contribution in [2.75, 3.05) is 12.4 Å². The molecule has 1 aliphatic rings. The molecule has 2 rings (SSSR count). The Bertz CT molecular complexity index is 381. The van der Waals surface area contributed by atoms with Crippen molar-refractivity contribution in [2.24, 2.45) is 0 Å². The van der Waals surface area contributed by atoms with Crippen molar-refractivity contribution in [3.63, 3.8) is 0 Å². The number of aromatic nitrogens is 1. The Morgan fingerprint density at radius 3 is 2.93 bits per heavy atom. The Balaban J connectivity index is 1.88. The monoisotopic (exact) mass is 233 g/mol. The molecule has 0 saturated heterocycles. The Morgan fingerprint density at radius 1 is 1.57 bits per heavy atom. The topological polar surface area (TPSA) is 56.3 Å². The van der Waals surface area contributed by atoms with Crippen molar-refractivity contribution < 1.29 is 13.2 Å². The van der Waals surface area contributed by atoms with Crippen molar-refractivity contribution >= 4 is 21.2 Å². The largest absolute Gasteiger partial charge is 0.377 e. The molecule has 1 saturated carbocycles. The molecule has 78 valence electrons. The van der Waals surface area contributed by atoms with Crippen LogP contribution in [0.2, 0.25) is 0 Å². The molecule has 0 N–H and O–H groups in total. The smallest absolute Gasteiger partial charge is 0.209 e. The first-order valence-corrected chi connectivity index (χ1v) is 6.95. The highest BCUT2D eigenvalue weighted by Gasteiger charge is 2.24. The summed E-state index contributed by atoms with van der Waals surface area (Å²) >= 11 is 1.15. The molecule has 4 nitrogen and oxygen atoms in total. The van der Waals surface area contributed by atoms with E-state index in [0.717, 1.165) is 24.2 Å². The summed E-state index contributed by atoms with van der Waals surface area (Å²) in [6.45, 7) is 0.284. The molecule has 14 heavy (non-hydrogen) atoms. The first-order valence-electron chi connectivity index (χ1n) is 4.42. The van der Waals surface area contributed by atoms with Crippen LogP contribution in [-0.2, 0) is 14.6 Å². The van der Waals surface area contributed by atoms with E-state index in [1.165, 1.54) is 6.20 Å². The molecule has 1 aromatic heterocycles. The van der Waals surface area contributed by atoms with E-state index < -0.39 is 9.84 Å². The van der Waals surface area contributed by atoms with Gasteiger partial charge in [0.25, 0.3) is 0 Å². The number of hydrogen-bond donors (Lipinski definition) is 0. The second-order valence-corrected chi connectivity index (χ2v) is 6.36. The van der Waals surface area contributed by atoms with Gasteiger partial charge in [0.2, 0.25) is 14.2 Å². The summed E-state index contributed by atoms with van der Waals surface area (Å²) in [4.78, 5) is 3.78. The van der Waals surface area contributed by atoms with Gasteiger partial charge in [-0.3, -0.25) is 0 Å². The molecular formula is C8H11NO3S2. The summed E-state index contributed by atoms with van der Waals surface area (Å²) in [5, 5.41) is 1.66. The SMILES string of the molecule is O=S(=O)(CCOC1CC1)c1nccs1. The number of nitrogens with zero attached hydrogens (tertiary/aromatic N) is 1.